The van der Waals surface area contributed by atoms with Crippen LogP contribution in [-0.4, -0.2) is 50.5 Å². The second-order valence-electron chi connectivity index (χ2n) is 8.50. The molecule has 7 nitrogen and oxygen atoms in total. The normalized spacial score (nSPS) is 12.0. The summed E-state index contributed by atoms with van der Waals surface area (Å²) in [5.74, 6) is -1.36. The molecular weight excluding hydrogens is 561 g/mol. The fourth-order valence-corrected chi connectivity index (χ4v) is 5.11. The zero-order valence-electron chi connectivity index (χ0n) is 20.6. The first-order valence-corrected chi connectivity index (χ1v) is 14.3. The van der Waals surface area contributed by atoms with Crippen LogP contribution < -0.4 is 9.62 Å². The van der Waals surface area contributed by atoms with E-state index in [-0.39, 0.29) is 18.9 Å². The molecule has 2 amide bonds. The van der Waals surface area contributed by atoms with Crippen LogP contribution in [0.25, 0.3) is 0 Å². The number of sulfonamides is 1. The summed E-state index contributed by atoms with van der Waals surface area (Å²) in [6.45, 7) is 1.61. The minimum Gasteiger partial charge on any atom is -0.355 e. The number of benzene rings is 3. The van der Waals surface area contributed by atoms with Gasteiger partial charge in [-0.15, -0.1) is 0 Å². The molecule has 0 saturated heterocycles. The van der Waals surface area contributed by atoms with Crippen molar-refractivity contribution in [1.82, 2.24) is 10.2 Å². The van der Waals surface area contributed by atoms with Gasteiger partial charge < -0.3 is 10.2 Å². The Morgan fingerprint density at radius 1 is 0.973 bits per heavy atom. The van der Waals surface area contributed by atoms with Crippen molar-refractivity contribution in [3.8, 4) is 0 Å². The molecule has 0 fully saturated rings. The molecule has 0 radical (unpaired) electrons. The maximum absolute atomic E-state index is 13.8. The van der Waals surface area contributed by atoms with Crippen molar-refractivity contribution < 1.29 is 22.4 Å². The molecule has 0 unspecified atom stereocenters. The number of hydrogen-bond acceptors (Lipinski definition) is 4. The van der Waals surface area contributed by atoms with E-state index in [0.29, 0.717) is 22.3 Å². The van der Waals surface area contributed by atoms with E-state index in [2.05, 4.69) is 21.2 Å². The van der Waals surface area contributed by atoms with E-state index in [9.17, 15) is 22.4 Å². The average molecular weight is 591 g/mol. The molecule has 0 aliphatic carbocycles. The minimum absolute atomic E-state index is 0.0101. The minimum atomic E-state index is -3.84. The summed E-state index contributed by atoms with van der Waals surface area (Å²) < 4.78 is 40.6. The molecule has 0 heterocycles. The molecule has 3 aromatic rings. The first-order chi connectivity index (χ1) is 17.6. The van der Waals surface area contributed by atoms with Crippen molar-refractivity contribution in [2.75, 3.05) is 23.7 Å². The summed E-state index contributed by atoms with van der Waals surface area (Å²) in [4.78, 5) is 28.4. The summed E-state index contributed by atoms with van der Waals surface area (Å²) in [5.41, 5.74) is 1.75. The van der Waals surface area contributed by atoms with Crippen LogP contribution in [0.4, 0.5) is 10.1 Å². The summed E-state index contributed by atoms with van der Waals surface area (Å²) >= 11 is 3.34. The number of rotatable bonds is 11. The smallest absolute Gasteiger partial charge is 0.244 e. The molecule has 0 aromatic heterocycles. The van der Waals surface area contributed by atoms with Crippen molar-refractivity contribution in [1.29, 1.82) is 0 Å². The largest absolute Gasteiger partial charge is 0.355 e. The number of halogens is 2. The summed E-state index contributed by atoms with van der Waals surface area (Å²) in [6.07, 6.45) is 1.24. The number of anilines is 1. The Morgan fingerprint density at radius 3 is 2.24 bits per heavy atom. The molecule has 0 spiro atoms. The number of likely N-dealkylation sites (N-methyl/N-ethyl adjacent to an activating group) is 1. The molecule has 196 valence electrons. The van der Waals surface area contributed by atoms with Crippen molar-refractivity contribution in [3.63, 3.8) is 0 Å². The Labute approximate surface area is 225 Å². The lowest BCUT2D eigenvalue weighted by Gasteiger charge is -2.33. The predicted molar refractivity (Wildman–Crippen MR) is 146 cm³/mol. The third-order valence-corrected chi connectivity index (χ3v) is 7.30. The van der Waals surface area contributed by atoms with E-state index < -0.39 is 34.3 Å². The second-order valence-corrected chi connectivity index (χ2v) is 11.3. The molecule has 1 N–H and O–H groups in total. The van der Waals surface area contributed by atoms with Gasteiger partial charge in [0, 0.05) is 24.0 Å². The van der Waals surface area contributed by atoms with Crippen LogP contribution in [0.1, 0.15) is 18.1 Å². The van der Waals surface area contributed by atoms with Crippen molar-refractivity contribution in [3.05, 3.63) is 100 Å². The Hall–Kier alpha value is -3.24. The molecule has 0 saturated carbocycles. The van der Waals surface area contributed by atoms with Gasteiger partial charge in [-0.05, 0) is 48.4 Å². The van der Waals surface area contributed by atoms with Gasteiger partial charge >= 0.3 is 0 Å². The molecule has 0 aliphatic heterocycles. The quantitative estimate of drug-likeness (QED) is 0.364. The maximum atomic E-state index is 13.8. The number of amides is 2. The number of hydrogen-bond donors (Lipinski definition) is 1. The number of nitrogens with zero attached hydrogens (tertiary/aromatic N) is 2. The van der Waals surface area contributed by atoms with Crippen LogP contribution in [0.5, 0.6) is 0 Å². The molecule has 0 aliphatic rings. The summed E-state index contributed by atoms with van der Waals surface area (Å²) in [6, 6.07) is 20.6. The van der Waals surface area contributed by atoms with Crippen LogP contribution in [0.2, 0.25) is 0 Å². The van der Waals surface area contributed by atoms with Crippen molar-refractivity contribution in [2.24, 2.45) is 0 Å². The fourth-order valence-electron chi connectivity index (χ4n) is 3.88. The highest BCUT2D eigenvalue weighted by atomic mass is 79.9. The highest BCUT2D eigenvalue weighted by Gasteiger charge is 2.32. The van der Waals surface area contributed by atoms with Gasteiger partial charge in [-0.3, -0.25) is 13.9 Å². The molecule has 3 aromatic carbocycles. The molecule has 10 heteroatoms. The van der Waals surface area contributed by atoms with Gasteiger partial charge in [0.05, 0.1) is 11.9 Å². The number of carbonyl (C=O) groups is 2. The fraction of sp³-hybridized carbons (Fsp3) is 0.259. The van der Waals surface area contributed by atoms with Crippen LogP contribution in [0.3, 0.4) is 0 Å². The standard InChI is InChI=1S/C27H29BrFN3O4S/c1-3-30-27(34)25(16-20-8-5-4-6-9-20)31(18-21-12-14-23(29)15-13-21)26(33)19-32(37(2,35)36)24-11-7-10-22(28)17-24/h4-15,17,25H,3,16,18-19H2,1-2H3,(H,30,34)/t25-/m0/s1. The topological polar surface area (TPSA) is 86.8 Å². The van der Waals surface area contributed by atoms with Gasteiger partial charge in [-0.25, -0.2) is 12.8 Å². The Morgan fingerprint density at radius 2 is 1.65 bits per heavy atom. The van der Waals surface area contributed by atoms with Crippen LogP contribution in [0, 0.1) is 5.82 Å². The van der Waals surface area contributed by atoms with Gasteiger partial charge in [0.1, 0.15) is 18.4 Å². The number of carbonyl (C=O) groups excluding carboxylic acids is 2. The van der Waals surface area contributed by atoms with Gasteiger partial charge in [0.2, 0.25) is 21.8 Å². The van der Waals surface area contributed by atoms with E-state index in [4.69, 9.17) is 0 Å². The average Bonchev–Trinajstić information content (AvgIpc) is 2.85. The van der Waals surface area contributed by atoms with Crippen LogP contribution in [-0.2, 0) is 32.6 Å². The van der Waals surface area contributed by atoms with E-state index in [1.807, 2.05) is 30.3 Å². The first kappa shape index (κ1) is 28.3. The first-order valence-electron chi connectivity index (χ1n) is 11.7. The van der Waals surface area contributed by atoms with E-state index >= 15 is 0 Å². The summed E-state index contributed by atoms with van der Waals surface area (Å²) in [7, 11) is -3.84. The predicted octanol–water partition coefficient (Wildman–Crippen LogP) is 4.13. The lowest BCUT2D eigenvalue weighted by atomic mass is 10.0. The monoisotopic (exact) mass is 589 g/mol. The molecular formula is C27H29BrFN3O4S. The lowest BCUT2D eigenvalue weighted by Crippen LogP contribution is -2.53. The lowest BCUT2D eigenvalue weighted by molar-refractivity contribution is -0.140. The third-order valence-electron chi connectivity index (χ3n) is 5.66. The number of nitrogens with one attached hydrogen (secondary N) is 1. The van der Waals surface area contributed by atoms with E-state index in [1.54, 1.807) is 31.2 Å². The van der Waals surface area contributed by atoms with Gasteiger partial charge in [-0.1, -0.05) is 64.5 Å². The zero-order chi connectivity index (χ0) is 27.0. The highest BCUT2D eigenvalue weighted by Crippen LogP contribution is 2.23. The van der Waals surface area contributed by atoms with E-state index in [0.717, 1.165) is 16.1 Å². The molecule has 37 heavy (non-hydrogen) atoms. The Kier molecular flexibility index (Phi) is 9.82. The van der Waals surface area contributed by atoms with Gasteiger partial charge in [0.15, 0.2) is 0 Å². The maximum Gasteiger partial charge on any atom is 0.244 e. The van der Waals surface area contributed by atoms with Crippen LogP contribution in [0.15, 0.2) is 83.3 Å². The SMILES string of the molecule is CCNC(=O)[C@H](Cc1ccccc1)N(Cc1ccc(F)cc1)C(=O)CN(c1cccc(Br)c1)S(C)(=O)=O. The molecule has 1 atom stereocenters. The van der Waals surface area contributed by atoms with Crippen LogP contribution >= 0.6 is 15.9 Å². The second kappa shape index (κ2) is 12.8. The zero-order valence-corrected chi connectivity index (χ0v) is 23.0. The Bertz CT molecular complexity index is 1320. The summed E-state index contributed by atoms with van der Waals surface area (Å²) in [5, 5.41) is 2.79. The van der Waals surface area contributed by atoms with Crippen molar-refractivity contribution in [2.45, 2.75) is 25.9 Å². The van der Waals surface area contributed by atoms with Gasteiger partial charge in [-0.2, -0.15) is 0 Å². The highest BCUT2D eigenvalue weighted by molar-refractivity contribution is 9.10. The van der Waals surface area contributed by atoms with Gasteiger partial charge in [0.25, 0.3) is 0 Å². The molecule has 3 rings (SSSR count). The van der Waals surface area contributed by atoms with Crippen molar-refractivity contribution >= 4 is 43.5 Å². The third kappa shape index (κ3) is 8.13. The molecule has 0 bridgehead atoms. The van der Waals surface area contributed by atoms with E-state index in [1.165, 1.54) is 29.2 Å². The Balaban J connectivity index is 2.03.